The number of rotatable bonds is 5. The molecule has 1 aromatic heterocycles. The van der Waals surface area contributed by atoms with Gasteiger partial charge >= 0.3 is 0 Å². The van der Waals surface area contributed by atoms with Crippen molar-refractivity contribution >= 4 is 0 Å². The topological polar surface area (TPSA) is 57.4 Å². The van der Waals surface area contributed by atoms with Gasteiger partial charge in [-0.3, -0.25) is 4.98 Å². The van der Waals surface area contributed by atoms with Crippen LogP contribution in [0.3, 0.4) is 0 Å². The zero-order valence-electron chi connectivity index (χ0n) is 11.2. The Morgan fingerprint density at radius 1 is 1.11 bits per heavy atom. The van der Waals surface area contributed by atoms with Gasteiger partial charge in [-0.25, -0.2) is 0 Å². The van der Waals surface area contributed by atoms with Crippen LogP contribution in [0.2, 0.25) is 0 Å². The Bertz CT molecular complexity index is 526. The summed E-state index contributed by atoms with van der Waals surface area (Å²) in [5.74, 6) is 1.56. The van der Waals surface area contributed by atoms with Crippen LogP contribution in [0.25, 0.3) is 0 Å². The standard InChI is InChI=1S/C15H18N2O2/c1-3-19-14-8-12(9-17-10-14)15(16)11-4-6-13(18-2)7-5-11/h4-10,15H,3,16H2,1-2H3. The van der Waals surface area contributed by atoms with E-state index in [2.05, 4.69) is 4.98 Å². The molecule has 2 rings (SSSR count). The van der Waals surface area contributed by atoms with Gasteiger partial charge in [0.25, 0.3) is 0 Å². The molecule has 0 aliphatic carbocycles. The van der Waals surface area contributed by atoms with Gasteiger partial charge in [0.15, 0.2) is 0 Å². The fraction of sp³-hybridized carbons (Fsp3) is 0.267. The minimum absolute atomic E-state index is 0.223. The van der Waals surface area contributed by atoms with E-state index in [-0.39, 0.29) is 6.04 Å². The first-order valence-electron chi connectivity index (χ1n) is 6.22. The molecule has 0 radical (unpaired) electrons. The van der Waals surface area contributed by atoms with Crippen molar-refractivity contribution in [3.8, 4) is 11.5 Å². The highest BCUT2D eigenvalue weighted by molar-refractivity contribution is 5.36. The Balaban J connectivity index is 2.22. The van der Waals surface area contributed by atoms with Gasteiger partial charge in [0, 0.05) is 6.20 Å². The SMILES string of the molecule is CCOc1cncc(C(N)c2ccc(OC)cc2)c1. The molecule has 1 heterocycles. The van der Waals surface area contributed by atoms with Gasteiger partial charge in [-0.1, -0.05) is 12.1 Å². The summed E-state index contributed by atoms with van der Waals surface area (Å²) in [6.45, 7) is 2.55. The molecule has 1 unspecified atom stereocenters. The first-order valence-corrected chi connectivity index (χ1v) is 6.22. The molecule has 100 valence electrons. The van der Waals surface area contributed by atoms with Gasteiger partial charge in [0.1, 0.15) is 11.5 Å². The maximum atomic E-state index is 6.24. The normalized spacial score (nSPS) is 11.9. The molecular formula is C15H18N2O2. The van der Waals surface area contributed by atoms with Gasteiger partial charge in [0.2, 0.25) is 0 Å². The van der Waals surface area contributed by atoms with Crippen LogP contribution in [0.15, 0.2) is 42.7 Å². The molecule has 0 aliphatic rings. The van der Waals surface area contributed by atoms with Crippen LogP contribution in [0, 0.1) is 0 Å². The molecule has 19 heavy (non-hydrogen) atoms. The Hall–Kier alpha value is -2.07. The van der Waals surface area contributed by atoms with Gasteiger partial charge in [-0.15, -0.1) is 0 Å². The fourth-order valence-corrected chi connectivity index (χ4v) is 1.85. The third-order valence-corrected chi connectivity index (χ3v) is 2.88. The highest BCUT2D eigenvalue weighted by atomic mass is 16.5. The van der Waals surface area contributed by atoms with E-state index in [9.17, 15) is 0 Å². The lowest BCUT2D eigenvalue weighted by Crippen LogP contribution is -2.12. The van der Waals surface area contributed by atoms with E-state index in [1.54, 1.807) is 19.5 Å². The van der Waals surface area contributed by atoms with E-state index in [0.29, 0.717) is 6.61 Å². The molecule has 1 atom stereocenters. The molecule has 2 aromatic rings. The van der Waals surface area contributed by atoms with E-state index in [4.69, 9.17) is 15.2 Å². The van der Waals surface area contributed by atoms with Crippen molar-refractivity contribution in [2.75, 3.05) is 13.7 Å². The quantitative estimate of drug-likeness (QED) is 0.895. The molecule has 0 aliphatic heterocycles. The molecule has 4 nitrogen and oxygen atoms in total. The predicted molar refractivity (Wildman–Crippen MR) is 74.4 cm³/mol. The number of hydrogen-bond donors (Lipinski definition) is 1. The fourth-order valence-electron chi connectivity index (χ4n) is 1.85. The first-order chi connectivity index (χ1) is 9.24. The zero-order chi connectivity index (χ0) is 13.7. The Labute approximate surface area is 113 Å². The highest BCUT2D eigenvalue weighted by Crippen LogP contribution is 2.23. The number of methoxy groups -OCH3 is 1. The van der Waals surface area contributed by atoms with Crippen molar-refractivity contribution in [2.45, 2.75) is 13.0 Å². The number of benzene rings is 1. The maximum Gasteiger partial charge on any atom is 0.137 e. The van der Waals surface area contributed by atoms with Crippen LogP contribution >= 0.6 is 0 Å². The maximum absolute atomic E-state index is 6.24. The number of nitrogens with two attached hydrogens (primary N) is 1. The molecule has 0 amide bonds. The van der Waals surface area contributed by atoms with E-state index >= 15 is 0 Å². The van der Waals surface area contributed by atoms with Crippen LogP contribution in [0.4, 0.5) is 0 Å². The summed E-state index contributed by atoms with van der Waals surface area (Å²) in [4.78, 5) is 4.15. The van der Waals surface area contributed by atoms with Crippen molar-refractivity contribution in [3.05, 3.63) is 53.9 Å². The molecular weight excluding hydrogens is 240 g/mol. The molecule has 4 heteroatoms. The number of pyridine rings is 1. The van der Waals surface area contributed by atoms with E-state index < -0.39 is 0 Å². The lowest BCUT2D eigenvalue weighted by molar-refractivity contribution is 0.338. The summed E-state index contributed by atoms with van der Waals surface area (Å²) in [5.41, 5.74) is 8.17. The Morgan fingerprint density at radius 2 is 1.84 bits per heavy atom. The van der Waals surface area contributed by atoms with Gasteiger partial charge < -0.3 is 15.2 Å². The van der Waals surface area contributed by atoms with Crippen LogP contribution < -0.4 is 15.2 Å². The first kappa shape index (κ1) is 13.4. The second-order valence-corrected chi connectivity index (χ2v) is 4.14. The number of nitrogens with zero attached hydrogens (tertiary/aromatic N) is 1. The Kier molecular flexibility index (Phi) is 4.36. The van der Waals surface area contributed by atoms with Crippen LogP contribution in [-0.2, 0) is 0 Å². The van der Waals surface area contributed by atoms with E-state index in [1.807, 2.05) is 37.3 Å². The Morgan fingerprint density at radius 3 is 2.47 bits per heavy atom. The summed E-state index contributed by atoms with van der Waals surface area (Å²) in [7, 11) is 1.64. The van der Waals surface area contributed by atoms with E-state index in [1.165, 1.54) is 0 Å². The molecule has 0 spiro atoms. The number of hydrogen-bond acceptors (Lipinski definition) is 4. The van der Waals surface area contributed by atoms with Crippen molar-refractivity contribution in [2.24, 2.45) is 5.73 Å². The zero-order valence-corrected chi connectivity index (χ0v) is 11.2. The second kappa shape index (κ2) is 6.20. The lowest BCUT2D eigenvalue weighted by atomic mass is 10.0. The summed E-state index contributed by atoms with van der Waals surface area (Å²) >= 11 is 0. The summed E-state index contributed by atoms with van der Waals surface area (Å²) in [5, 5.41) is 0. The molecule has 0 saturated heterocycles. The summed E-state index contributed by atoms with van der Waals surface area (Å²) in [6, 6.07) is 9.40. The van der Waals surface area contributed by atoms with Crippen molar-refractivity contribution < 1.29 is 9.47 Å². The third kappa shape index (κ3) is 3.23. The van der Waals surface area contributed by atoms with Gasteiger partial charge in [-0.2, -0.15) is 0 Å². The predicted octanol–water partition coefficient (Wildman–Crippen LogP) is 2.54. The van der Waals surface area contributed by atoms with Crippen molar-refractivity contribution in [1.82, 2.24) is 4.98 Å². The summed E-state index contributed by atoms with van der Waals surface area (Å²) < 4.78 is 10.6. The monoisotopic (exact) mass is 258 g/mol. The van der Waals surface area contributed by atoms with Gasteiger partial charge in [0.05, 0.1) is 26.0 Å². The molecule has 0 fully saturated rings. The lowest BCUT2D eigenvalue weighted by Gasteiger charge is -2.14. The smallest absolute Gasteiger partial charge is 0.137 e. The van der Waals surface area contributed by atoms with Crippen molar-refractivity contribution in [1.29, 1.82) is 0 Å². The van der Waals surface area contributed by atoms with Crippen LogP contribution in [0.5, 0.6) is 11.5 Å². The minimum atomic E-state index is -0.223. The van der Waals surface area contributed by atoms with Crippen LogP contribution in [0.1, 0.15) is 24.1 Å². The van der Waals surface area contributed by atoms with Crippen LogP contribution in [-0.4, -0.2) is 18.7 Å². The second-order valence-electron chi connectivity index (χ2n) is 4.14. The molecule has 0 bridgehead atoms. The van der Waals surface area contributed by atoms with Crippen molar-refractivity contribution in [3.63, 3.8) is 0 Å². The van der Waals surface area contributed by atoms with E-state index in [0.717, 1.165) is 22.6 Å². The largest absolute Gasteiger partial charge is 0.497 e. The third-order valence-electron chi connectivity index (χ3n) is 2.88. The number of ether oxygens (including phenoxy) is 2. The number of aromatic nitrogens is 1. The highest BCUT2D eigenvalue weighted by Gasteiger charge is 2.10. The molecule has 1 aromatic carbocycles. The average Bonchev–Trinajstić information content (AvgIpc) is 2.47. The van der Waals surface area contributed by atoms with Gasteiger partial charge in [-0.05, 0) is 36.2 Å². The molecule has 2 N–H and O–H groups in total. The average molecular weight is 258 g/mol. The minimum Gasteiger partial charge on any atom is -0.497 e. The summed E-state index contributed by atoms with van der Waals surface area (Å²) in [6.07, 6.45) is 3.45. The molecule has 0 saturated carbocycles.